The first-order chi connectivity index (χ1) is 5.68. The maximum Gasteiger partial charge on any atom is 0.127 e. The average molecular weight is 164 g/mol. The van der Waals surface area contributed by atoms with Crippen LogP contribution in [0.5, 0.6) is 0 Å². The van der Waals surface area contributed by atoms with Gasteiger partial charge in [-0.15, -0.1) is 0 Å². The molecule has 0 aliphatic heterocycles. The third kappa shape index (κ3) is 0.863. The number of benzene rings is 1. The Bertz CT molecular complexity index is 431. The zero-order valence-corrected chi connectivity index (χ0v) is 6.71. The van der Waals surface area contributed by atoms with Crippen molar-refractivity contribution in [3.8, 4) is 0 Å². The summed E-state index contributed by atoms with van der Waals surface area (Å²) in [7, 11) is 1.86. The molecule has 0 spiro atoms. The summed E-state index contributed by atoms with van der Waals surface area (Å²) in [4.78, 5) is 0. The molecule has 1 aromatic carbocycles. The predicted molar refractivity (Wildman–Crippen MR) is 47.3 cm³/mol. The summed E-state index contributed by atoms with van der Waals surface area (Å²) in [6, 6.07) is 4.69. The van der Waals surface area contributed by atoms with Gasteiger partial charge in [0.1, 0.15) is 5.82 Å². The molecule has 2 N–H and O–H groups in total. The minimum atomic E-state index is -0.290. The molecule has 2 aromatic rings. The monoisotopic (exact) mass is 164 g/mol. The fourth-order valence-corrected chi connectivity index (χ4v) is 1.36. The SMILES string of the molecule is Cn1ccc2c(N)cc(F)cc21. The lowest BCUT2D eigenvalue weighted by Gasteiger charge is -1.99. The molecule has 3 heteroatoms. The molecule has 0 saturated heterocycles. The number of hydrogen-bond acceptors (Lipinski definition) is 1. The second kappa shape index (κ2) is 2.24. The van der Waals surface area contributed by atoms with Crippen LogP contribution in [0.3, 0.4) is 0 Å². The Balaban J connectivity index is 2.92. The molecule has 0 aliphatic rings. The van der Waals surface area contributed by atoms with E-state index >= 15 is 0 Å². The van der Waals surface area contributed by atoms with Crippen molar-refractivity contribution in [2.45, 2.75) is 0 Å². The molecule has 1 heterocycles. The third-order valence-electron chi connectivity index (χ3n) is 2.00. The number of fused-ring (bicyclic) bond motifs is 1. The van der Waals surface area contributed by atoms with E-state index in [4.69, 9.17) is 5.73 Å². The number of nitrogen functional groups attached to an aromatic ring is 1. The quantitative estimate of drug-likeness (QED) is 0.592. The van der Waals surface area contributed by atoms with Gasteiger partial charge in [0.25, 0.3) is 0 Å². The Kier molecular flexibility index (Phi) is 1.33. The first-order valence-electron chi connectivity index (χ1n) is 3.68. The van der Waals surface area contributed by atoms with Crippen LogP contribution in [0, 0.1) is 5.82 Å². The highest BCUT2D eigenvalue weighted by molar-refractivity contribution is 5.91. The van der Waals surface area contributed by atoms with Gasteiger partial charge >= 0.3 is 0 Å². The van der Waals surface area contributed by atoms with Gasteiger partial charge in [0.15, 0.2) is 0 Å². The van der Waals surface area contributed by atoms with Crippen LogP contribution in [0.15, 0.2) is 24.4 Å². The number of halogens is 1. The highest BCUT2D eigenvalue weighted by Crippen LogP contribution is 2.22. The minimum Gasteiger partial charge on any atom is -0.398 e. The fourth-order valence-electron chi connectivity index (χ4n) is 1.36. The zero-order chi connectivity index (χ0) is 8.72. The summed E-state index contributed by atoms with van der Waals surface area (Å²) >= 11 is 0. The maximum atomic E-state index is 12.9. The molecule has 0 aliphatic carbocycles. The Labute approximate surface area is 69.4 Å². The first kappa shape index (κ1) is 7.16. The van der Waals surface area contributed by atoms with Crippen LogP contribution in [0.25, 0.3) is 10.9 Å². The van der Waals surface area contributed by atoms with E-state index < -0.39 is 0 Å². The van der Waals surface area contributed by atoms with Crippen molar-refractivity contribution in [1.29, 1.82) is 0 Å². The smallest absolute Gasteiger partial charge is 0.127 e. The average Bonchev–Trinajstić information content (AvgIpc) is 2.33. The van der Waals surface area contributed by atoms with E-state index in [9.17, 15) is 4.39 Å². The van der Waals surface area contributed by atoms with Crippen molar-refractivity contribution in [3.05, 3.63) is 30.2 Å². The molecular formula is C9H9FN2. The van der Waals surface area contributed by atoms with Crippen molar-refractivity contribution < 1.29 is 4.39 Å². The number of aryl methyl sites for hydroxylation is 1. The molecule has 62 valence electrons. The van der Waals surface area contributed by atoms with Gasteiger partial charge in [-0.1, -0.05) is 0 Å². The molecule has 2 nitrogen and oxygen atoms in total. The summed E-state index contributed by atoms with van der Waals surface area (Å²) in [6.07, 6.45) is 1.86. The summed E-state index contributed by atoms with van der Waals surface area (Å²) in [5.74, 6) is -0.290. The molecule has 0 bridgehead atoms. The highest BCUT2D eigenvalue weighted by Gasteiger charge is 2.03. The van der Waals surface area contributed by atoms with Gasteiger partial charge in [-0.2, -0.15) is 0 Å². The van der Waals surface area contributed by atoms with E-state index in [1.807, 2.05) is 23.9 Å². The Morgan fingerprint density at radius 1 is 1.42 bits per heavy atom. The van der Waals surface area contributed by atoms with E-state index in [1.54, 1.807) is 0 Å². The zero-order valence-electron chi connectivity index (χ0n) is 6.71. The van der Waals surface area contributed by atoms with Crippen molar-refractivity contribution >= 4 is 16.6 Å². The van der Waals surface area contributed by atoms with E-state index in [1.165, 1.54) is 12.1 Å². The van der Waals surface area contributed by atoms with Gasteiger partial charge < -0.3 is 10.3 Å². The lowest BCUT2D eigenvalue weighted by atomic mass is 10.2. The molecule has 0 atom stereocenters. The van der Waals surface area contributed by atoms with E-state index in [0.29, 0.717) is 5.69 Å². The molecule has 2 rings (SSSR count). The summed E-state index contributed by atoms with van der Waals surface area (Å²) in [5.41, 5.74) is 6.93. The Morgan fingerprint density at radius 2 is 2.17 bits per heavy atom. The minimum absolute atomic E-state index is 0.290. The van der Waals surface area contributed by atoms with Gasteiger partial charge in [0.05, 0.1) is 5.52 Å². The summed E-state index contributed by atoms with van der Waals surface area (Å²) < 4.78 is 14.7. The number of rotatable bonds is 0. The summed E-state index contributed by atoms with van der Waals surface area (Å²) in [5, 5.41) is 0.902. The topological polar surface area (TPSA) is 30.9 Å². The number of anilines is 1. The lowest BCUT2D eigenvalue weighted by Crippen LogP contribution is -1.90. The van der Waals surface area contributed by atoms with Gasteiger partial charge in [-0.25, -0.2) is 4.39 Å². The number of hydrogen-bond donors (Lipinski definition) is 1. The van der Waals surface area contributed by atoms with Crippen LogP contribution < -0.4 is 5.73 Å². The number of aromatic nitrogens is 1. The molecule has 1 aromatic heterocycles. The van der Waals surface area contributed by atoms with Crippen molar-refractivity contribution in [1.82, 2.24) is 4.57 Å². The van der Waals surface area contributed by atoms with Gasteiger partial charge in [0, 0.05) is 24.3 Å². The maximum absolute atomic E-state index is 12.9. The Hall–Kier alpha value is -1.51. The molecule has 12 heavy (non-hydrogen) atoms. The van der Waals surface area contributed by atoms with Gasteiger partial charge in [0.2, 0.25) is 0 Å². The second-order valence-electron chi connectivity index (χ2n) is 2.85. The van der Waals surface area contributed by atoms with Crippen molar-refractivity contribution in [2.75, 3.05) is 5.73 Å². The van der Waals surface area contributed by atoms with Crippen LogP contribution in [-0.2, 0) is 7.05 Å². The van der Waals surface area contributed by atoms with Crippen LogP contribution in [0.4, 0.5) is 10.1 Å². The molecular weight excluding hydrogens is 155 g/mol. The number of nitrogens with zero attached hydrogens (tertiary/aromatic N) is 1. The van der Waals surface area contributed by atoms with Gasteiger partial charge in [-0.3, -0.25) is 0 Å². The number of nitrogens with two attached hydrogens (primary N) is 1. The van der Waals surface area contributed by atoms with Gasteiger partial charge in [-0.05, 0) is 18.2 Å². The van der Waals surface area contributed by atoms with E-state index in [0.717, 1.165) is 10.9 Å². The fraction of sp³-hybridized carbons (Fsp3) is 0.111. The van der Waals surface area contributed by atoms with E-state index in [2.05, 4.69) is 0 Å². The lowest BCUT2D eigenvalue weighted by molar-refractivity contribution is 0.629. The van der Waals surface area contributed by atoms with Crippen molar-refractivity contribution in [3.63, 3.8) is 0 Å². The molecule has 0 amide bonds. The third-order valence-corrected chi connectivity index (χ3v) is 2.00. The predicted octanol–water partition coefficient (Wildman–Crippen LogP) is 1.90. The molecule has 0 radical (unpaired) electrons. The van der Waals surface area contributed by atoms with Crippen LogP contribution in [0.1, 0.15) is 0 Å². The highest BCUT2D eigenvalue weighted by atomic mass is 19.1. The first-order valence-corrected chi connectivity index (χ1v) is 3.68. The second-order valence-corrected chi connectivity index (χ2v) is 2.85. The largest absolute Gasteiger partial charge is 0.398 e. The van der Waals surface area contributed by atoms with Crippen LogP contribution >= 0.6 is 0 Å². The summed E-state index contributed by atoms with van der Waals surface area (Å²) in [6.45, 7) is 0. The molecule has 0 saturated carbocycles. The molecule has 0 fully saturated rings. The molecule has 0 unspecified atom stereocenters. The van der Waals surface area contributed by atoms with Crippen LogP contribution in [0.2, 0.25) is 0 Å². The van der Waals surface area contributed by atoms with Crippen LogP contribution in [-0.4, -0.2) is 4.57 Å². The Morgan fingerprint density at radius 3 is 2.92 bits per heavy atom. The van der Waals surface area contributed by atoms with E-state index in [-0.39, 0.29) is 5.82 Å². The van der Waals surface area contributed by atoms with Crippen molar-refractivity contribution in [2.24, 2.45) is 7.05 Å². The standard InChI is InChI=1S/C9H9FN2/c1-12-3-2-7-8(11)4-6(10)5-9(7)12/h2-5H,11H2,1H3. The normalized spacial score (nSPS) is 10.8.